The molecule has 0 atom stereocenters. The molecule has 0 amide bonds. The number of hydrogen-bond acceptors (Lipinski definition) is 5. The van der Waals surface area contributed by atoms with Crippen molar-refractivity contribution in [2.45, 2.75) is 26.7 Å². The van der Waals surface area contributed by atoms with Crippen molar-refractivity contribution in [3.8, 4) is 11.5 Å². The van der Waals surface area contributed by atoms with Gasteiger partial charge >= 0.3 is 5.97 Å². The molecule has 0 aliphatic heterocycles. The zero-order chi connectivity index (χ0) is 15.9. The van der Waals surface area contributed by atoms with Crippen LogP contribution in [0.3, 0.4) is 0 Å². The van der Waals surface area contributed by atoms with Gasteiger partial charge in [-0.2, -0.15) is 0 Å². The zero-order valence-electron chi connectivity index (χ0n) is 12.7. The number of aromatic nitrogens is 1. The minimum atomic E-state index is -0.912. The fraction of sp³-hybridized carbons (Fsp3) is 0.375. The number of ether oxygens (including phenoxy) is 2. The van der Waals surface area contributed by atoms with E-state index < -0.39 is 5.97 Å². The number of nitrogens with zero attached hydrogens (tertiary/aromatic N) is 1. The molecule has 2 aromatic rings. The van der Waals surface area contributed by atoms with E-state index in [0.29, 0.717) is 30.2 Å². The van der Waals surface area contributed by atoms with Crippen LogP contribution in [0, 0.1) is 6.92 Å². The van der Waals surface area contributed by atoms with Crippen LogP contribution in [0.5, 0.6) is 11.5 Å². The van der Waals surface area contributed by atoms with Gasteiger partial charge in [-0.25, -0.2) is 9.78 Å². The molecular weight excluding hydrogens is 302 g/mol. The first-order chi connectivity index (χ1) is 10.6. The Hall–Kier alpha value is -2.08. The molecule has 22 heavy (non-hydrogen) atoms. The van der Waals surface area contributed by atoms with Gasteiger partial charge in [0.25, 0.3) is 0 Å². The molecule has 0 saturated carbocycles. The highest BCUT2D eigenvalue weighted by Crippen LogP contribution is 2.21. The molecule has 1 aromatic carbocycles. The Morgan fingerprint density at radius 3 is 2.68 bits per heavy atom. The fourth-order valence-electron chi connectivity index (χ4n) is 1.99. The van der Waals surface area contributed by atoms with Crippen LogP contribution in [0.2, 0.25) is 0 Å². The van der Waals surface area contributed by atoms with Crippen molar-refractivity contribution in [1.29, 1.82) is 0 Å². The summed E-state index contributed by atoms with van der Waals surface area (Å²) in [6.45, 7) is 4.84. The highest BCUT2D eigenvalue weighted by molar-refractivity contribution is 7.13. The average Bonchev–Trinajstić information content (AvgIpc) is 2.86. The normalized spacial score (nSPS) is 10.5. The van der Waals surface area contributed by atoms with Crippen molar-refractivity contribution in [3.05, 3.63) is 39.8 Å². The maximum absolute atomic E-state index is 11.0. The third kappa shape index (κ3) is 4.46. The van der Waals surface area contributed by atoms with Gasteiger partial charge < -0.3 is 14.6 Å². The van der Waals surface area contributed by atoms with Gasteiger partial charge in [-0.1, -0.05) is 6.07 Å². The summed E-state index contributed by atoms with van der Waals surface area (Å²) in [6.07, 6.45) is 1.49. The van der Waals surface area contributed by atoms with E-state index in [1.165, 1.54) is 11.3 Å². The molecule has 6 heteroatoms. The second-order valence-electron chi connectivity index (χ2n) is 4.69. The molecule has 0 bridgehead atoms. The van der Waals surface area contributed by atoms with Gasteiger partial charge in [-0.05, 0) is 32.4 Å². The molecule has 1 N–H and O–H groups in total. The summed E-state index contributed by atoms with van der Waals surface area (Å²) in [5.41, 5.74) is 0.581. The number of carboxylic acids is 1. The summed E-state index contributed by atoms with van der Waals surface area (Å²) in [6, 6.07) is 7.53. The lowest BCUT2D eigenvalue weighted by Crippen LogP contribution is -2.00. The van der Waals surface area contributed by atoms with Gasteiger partial charge in [0.1, 0.15) is 16.4 Å². The molecule has 1 heterocycles. The summed E-state index contributed by atoms with van der Waals surface area (Å²) in [5.74, 6) is 0.652. The van der Waals surface area contributed by atoms with E-state index in [4.69, 9.17) is 14.6 Å². The second-order valence-corrected chi connectivity index (χ2v) is 5.77. The van der Waals surface area contributed by atoms with E-state index in [9.17, 15) is 4.79 Å². The van der Waals surface area contributed by atoms with Crippen molar-refractivity contribution in [2.75, 3.05) is 13.2 Å². The number of carbonyl (C=O) groups is 1. The standard InChI is InChI=1S/C16H19NO4S/c1-3-20-12-6-4-7-13(10-12)21-9-5-8-14-17-11(2)15(22-14)16(18)19/h4,6-7,10H,3,5,8-9H2,1-2H3,(H,18,19). The third-order valence-corrected chi connectivity index (χ3v) is 4.16. The van der Waals surface area contributed by atoms with Crippen molar-refractivity contribution in [3.63, 3.8) is 0 Å². The number of aromatic carboxylic acids is 1. The summed E-state index contributed by atoms with van der Waals surface area (Å²) in [7, 11) is 0. The number of carboxylic acid groups (broad SMARTS) is 1. The molecule has 0 aliphatic carbocycles. The summed E-state index contributed by atoms with van der Waals surface area (Å²) in [4.78, 5) is 15.6. The first-order valence-corrected chi connectivity index (χ1v) is 7.97. The van der Waals surface area contributed by atoms with E-state index in [1.54, 1.807) is 6.92 Å². The number of rotatable bonds is 8. The summed E-state index contributed by atoms with van der Waals surface area (Å²) < 4.78 is 11.1. The van der Waals surface area contributed by atoms with Crippen LogP contribution in [-0.4, -0.2) is 29.3 Å². The molecule has 118 valence electrons. The monoisotopic (exact) mass is 321 g/mol. The van der Waals surface area contributed by atoms with Gasteiger partial charge in [0.05, 0.1) is 23.9 Å². The van der Waals surface area contributed by atoms with Crippen LogP contribution in [-0.2, 0) is 6.42 Å². The predicted molar refractivity (Wildman–Crippen MR) is 85.2 cm³/mol. The van der Waals surface area contributed by atoms with Gasteiger partial charge in [0.2, 0.25) is 0 Å². The van der Waals surface area contributed by atoms with Gasteiger partial charge in [0.15, 0.2) is 0 Å². The topological polar surface area (TPSA) is 68.7 Å². The van der Waals surface area contributed by atoms with Gasteiger partial charge in [-0.15, -0.1) is 11.3 Å². The van der Waals surface area contributed by atoms with E-state index in [-0.39, 0.29) is 0 Å². The summed E-state index contributed by atoms with van der Waals surface area (Å²) in [5, 5.41) is 9.84. The molecule has 0 spiro atoms. The first kappa shape index (κ1) is 16.3. The fourth-order valence-corrected chi connectivity index (χ4v) is 2.94. The molecule has 0 saturated heterocycles. The second kappa shape index (κ2) is 7.79. The van der Waals surface area contributed by atoms with Gasteiger partial charge in [-0.3, -0.25) is 0 Å². The number of benzene rings is 1. The van der Waals surface area contributed by atoms with Crippen LogP contribution in [0.4, 0.5) is 0 Å². The first-order valence-electron chi connectivity index (χ1n) is 7.15. The van der Waals surface area contributed by atoms with Crippen molar-refractivity contribution < 1.29 is 19.4 Å². The van der Waals surface area contributed by atoms with Crippen LogP contribution in [0.25, 0.3) is 0 Å². The molecule has 0 unspecified atom stereocenters. The largest absolute Gasteiger partial charge is 0.494 e. The minimum Gasteiger partial charge on any atom is -0.494 e. The Morgan fingerprint density at radius 2 is 2.05 bits per heavy atom. The van der Waals surface area contributed by atoms with Crippen molar-refractivity contribution in [1.82, 2.24) is 4.98 Å². The van der Waals surface area contributed by atoms with Crippen LogP contribution < -0.4 is 9.47 Å². The number of thiazole rings is 1. The summed E-state index contributed by atoms with van der Waals surface area (Å²) >= 11 is 1.24. The number of aryl methyl sites for hydroxylation is 2. The quantitative estimate of drug-likeness (QED) is 0.753. The Balaban J connectivity index is 1.81. The van der Waals surface area contributed by atoms with Crippen LogP contribution >= 0.6 is 11.3 Å². The Morgan fingerprint density at radius 1 is 1.32 bits per heavy atom. The molecule has 0 aliphatic rings. The maximum atomic E-state index is 11.0. The van der Waals surface area contributed by atoms with E-state index in [1.807, 2.05) is 31.2 Å². The molecule has 5 nitrogen and oxygen atoms in total. The van der Waals surface area contributed by atoms with E-state index >= 15 is 0 Å². The molecule has 0 radical (unpaired) electrons. The average molecular weight is 321 g/mol. The third-order valence-electron chi connectivity index (χ3n) is 2.96. The molecular formula is C16H19NO4S. The zero-order valence-corrected chi connectivity index (χ0v) is 13.5. The minimum absolute atomic E-state index is 0.320. The van der Waals surface area contributed by atoms with Crippen LogP contribution in [0.15, 0.2) is 24.3 Å². The van der Waals surface area contributed by atoms with E-state index in [0.717, 1.165) is 22.9 Å². The lowest BCUT2D eigenvalue weighted by molar-refractivity contribution is 0.0701. The van der Waals surface area contributed by atoms with Crippen LogP contribution in [0.1, 0.15) is 33.7 Å². The Kier molecular flexibility index (Phi) is 5.77. The highest BCUT2D eigenvalue weighted by Gasteiger charge is 2.13. The smallest absolute Gasteiger partial charge is 0.347 e. The molecule has 2 rings (SSSR count). The predicted octanol–water partition coefficient (Wildman–Crippen LogP) is 3.56. The Bertz CT molecular complexity index is 639. The lowest BCUT2D eigenvalue weighted by Gasteiger charge is -2.08. The van der Waals surface area contributed by atoms with E-state index in [2.05, 4.69) is 4.98 Å². The molecule has 1 aromatic heterocycles. The Labute approximate surface area is 133 Å². The highest BCUT2D eigenvalue weighted by atomic mass is 32.1. The van der Waals surface area contributed by atoms with Gasteiger partial charge in [0, 0.05) is 12.5 Å². The number of hydrogen-bond donors (Lipinski definition) is 1. The maximum Gasteiger partial charge on any atom is 0.347 e. The van der Waals surface area contributed by atoms with Crippen molar-refractivity contribution >= 4 is 17.3 Å². The molecule has 0 fully saturated rings. The lowest BCUT2D eigenvalue weighted by atomic mass is 10.3. The van der Waals surface area contributed by atoms with Crippen molar-refractivity contribution in [2.24, 2.45) is 0 Å². The SMILES string of the molecule is CCOc1cccc(OCCCc2nc(C)c(C(=O)O)s2)c1.